The molecule has 98 valence electrons. The van der Waals surface area contributed by atoms with Gasteiger partial charge < -0.3 is 21.2 Å². The van der Waals surface area contributed by atoms with Crippen molar-refractivity contribution in [2.45, 2.75) is 51.6 Å². The molecule has 0 unspecified atom stereocenters. The molecule has 0 saturated heterocycles. The molecule has 4 N–H and O–H groups in total. The molecule has 0 aliphatic heterocycles. The SMILES string of the molecule is CC(C)N(CCC(N)=NO)C(=O)NC1CCC1. The molecule has 2 amide bonds. The number of hydrogen-bond acceptors (Lipinski definition) is 3. The molecule has 0 bridgehead atoms. The van der Waals surface area contributed by atoms with Crippen LogP contribution < -0.4 is 11.1 Å². The van der Waals surface area contributed by atoms with Crippen molar-refractivity contribution in [2.24, 2.45) is 10.9 Å². The maximum Gasteiger partial charge on any atom is 0.317 e. The lowest BCUT2D eigenvalue weighted by Gasteiger charge is -2.32. The summed E-state index contributed by atoms with van der Waals surface area (Å²) in [7, 11) is 0. The fraction of sp³-hybridized carbons (Fsp3) is 0.818. The Kier molecular flexibility index (Phi) is 5.06. The van der Waals surface area contributed by atoms with Gasteiger partial charge in [0.25, 0.3) is 0 Å². The van der Waals surface area contributed by atoms with Gasteiger partial charge in [-0.25, -0.2) is 4.79 Å². The second-order valence-electron chi connectivity index (χ2n) is 4.71. The summed E-state index contributed by atoms with van der Waals surface area (Å²) in [6.45, 7) is 4.37. The Morgan fingerprint density at radius 2 is 2.24 bits per heavy atom. The van der Waals surface area contributed by atoms with Gasteiger partial charge in [0.1, 0.15) is 5.84 Å². The van der Waals surface area contributed by atoms with E-state index in [-0.39, 0.29) is 17.9 Å². The van der Waals surface area contributed by atoms with Gasteiger partial charge in [-0.2, -0.15) is 0 Å². The van der Waals surface area contributed by atoms with E-state index in [4.69, 9.17) is 10.9 Å². The first kappa shape index (κ1) is 13.6. The van der Waals surface area contributed by atoms with Gasteiger partial charge in [-0.1, -0.05) is 5.16 Å². The number of carbonyl (C=O) groups is 1. The van der Waals surface area contributed by atoms with Crippen LogP contribution in [0.5, 0.6) is 0 Å². The van der Waals surface area contributed by atoms with Crippen LogP contribution in [0.4, 0.5) is 4.79 Å². The van der Waals surface area contributed by atoms with E-state index < -0.39 is 0 Å². The molecular weight excluding hydrogens is 220 g/mol. The summed E-state index contributed by atoms with van der Waals surface area (Å²) in [6, 6.07) is 0.365. The van der Waals surface area contributed by atoms with Crippen LogP contribution in [0.2, 0.25) is 0 Å². The maximum atomic E-state index is 12.0. The zero-order chi connectivity index (χ0) is 12.8. The van der Waals surface area contributed by atoms with Gasteiger partial charge in [-0.15, -0.1) is 0 Å². The van der Waals surface area contributed by atoms with Gasteiger partial charge in [0.05, 0.1) is 0 Å². The summed E-state index contributed by atoms with van der Waals surface area (Å²) in [5.41, 5.74) is 5.40. The Hall–Kier alpha value is -1.46. The zero-order valence-corrected chi connectivity index (χ0v) is 10.5. The number of rotatable bonds is 5. The molecule has 0 aromatic heterocycles. The number of hydrogen-bond donors (Lipinski definition) is 3. The first-order valence-electron chi connectivity index (χ1n) is 6.08. The van der Waals surface area contributed by atoms with Crippen molar-refractivity contribution in [3.05, 3.63) is 0 Å². The highest BCUT2D eigenvalue weighted by atomic mass is 16.4. The third-order valence-electron chi connectivity index (χ3n) is 3.05. The second-order valence-corrected chi connectivity index (χ2v) is 4.71. The molecule has 0 spiro atoms. The van der Waals surface area contributed by atoms with Crippen molar-refractivity contribution in [3.8, 4) is 0 Å². The van der Waals surface area contributed by atoms with Crippen molar-refractivity contribution in [1.29, 1.82) is 0 Å². The highest BCUT2D eigenvalue weighted by Crippen LogP contribution is 2.18. The number of nitrogens with one attached hydrogen (secondary N) is 1. The van der Waals surface area contributed by atoms with Gasteiger partial charge in [-0.05, 0) is 33.1 Å². The average Bonchev–Trinajstić information content (AvgIpc) is 2.22. The van der Waals surface area contributed by atoms with Gasteiger partial charge >= 0.3 is 6.03 Å². The summed E-state index contributed by atoms with van der Waals surface area (Å²) >= 11 is 0. The molecule has 6 nitrogen and oxygen atoms in total. The van der Waals surface area contributed by atoms with Crippen LogP contribution in [0.15, 0.2) is 5.16 Å². The Labute approximate surface area is 102 Å². The average molecular weight is 242 g/mol. The molecular formula is C11H22N4O2. The van der Waals surface area contributed by atoms with Crippen molar-refractivity contribution in [1.82, 2.24) is 10.2 Å². The molecule has 6 heteroatoms. The minimum atomic E-state index is -0.0598. The van der Waals surface area contributed by atoms with Gasteiger partial charge in [0.15, 0.2) is 0 Å². The van der Waals surface area contributed by atoms with E-state index in [0.717, 1.165) is 12.8 Å². The van der Waals surface area contributed by atoms with Crippen molar-refractivity contribution in [2.75, 3.05) is 6.54 Å². The Morgan fingerprint density at radius 1 is 1.59 bits per heavy atom. The molecule has 0 aromatic rings. The summed E-state index contributed by atoms with van der Waals surface area (Å²) in [5.74, 6) is 0.145. The molecule has 1 rings (SSSR count). The van der Waals surface area contributed by atoms with E-state index in [0.29, 0.717) is 19.0 Å². The monoisotopic (exact) mass is 242 g/mol. The predicted octanol–water partition coefficient (Wildman–Crippen LogP) is 1.10. The summed E-state index contributed by atoms with van der Waals surface area (Å²) in [5, 5.41) is 14.3. The maximum absolute atomic E-state index is 12.0. The van der Waals surface area contributed by atoms with Crippen LogP contribution in [-0.4, -0.2) is 40.6 Å². The summed E-state index contributed by atoms with van der Waals surface area (Å²) in [6.07, 6.45) is 3.71. The van der Waals surface area contributed by atoms with Gasteiger partial charge in [0, 0.05) is 25.0 Å². The van der Waals surface area contributed by atoms with Crippen LogP contribution >= 0.6 is 0 Å². The zero-order valence-electron chi connectivity index (χ0n) is 10.5. The van der Waals surface area contributed by atoms with E-state index in [1.165, 1.54) is 6.42 Å². The largest absolute Gasteiger partial charge is 0.409 e. The van der Waals surface area contributed by atoms with E-state index in [9.17, 15) is 4.79 Å². The molecule has 0 atom stereocenters. The summed E-state index contributed by atoms with van der Waals surface area (Å²) < 4.78 is 0. The van der Waals surface area contributed by atoms with Crippen LogP contribution in [0.3, 0.4) is 0 Å². The third-order valence-corrected chi connectivity index (χ3v) is 3.05. The van der Waals surface area contributed by atoms with Crippen LogP contribution in [-0.2, 0) is 0 Å². The van der Waals surface area contributed by atoms with Gasteiger partial charge in [0.2, 0.25) is 0 Å². The topological polar surface area (TPSA) is 90.9 Å². The molecule has 1 aliphatic carbocycles. The van der Waals surface area contributed by atoms with Crippen LogP contribution in [0, 0.1) is 0 Å². The van der Waals surface area contributed by atoms with Crippen LogP contribution in [0.1, 0.15) is 39.5 Å². The number of carbonyl (C=O) groups excluding carboxylic acids is 1. The minimum absolute atomic E-state index is 0.0598. The molecule has 1 fully saturated rings. The predicted molar refractivity (Wildman–Crippen MR) is 66.0 cm³/mol. The molecule has 1 saturated carbocycles. The first-order valence-corrected chi connectivity index (χ1v) is 6.08. The molecule has 0 aromatic carbocycles. The quantitative estimate of drug-likeness (QED) is 0.292. The number of amides is 2. The molecule has 17 heavy (non-hydrogen) atoms. The number of nitrogens with two attached hydrogens (primary N) is 1. The molecule has 0 radical (unpaired) electrons. The lowest BCUT2D eigenvalue weighted by atomic mass is 9.93. The lowest BCUT2D eigenvalue weighted by Crippen LogP contribution is -2.50. The number of nitrogens with zero attached hydrogens (tertiary/aromatic N) is 2. The lowest BCUT2D eigenvalue weighted by molar-refractivity contribution is 0.174. The first-order chi connectivity index (χ1) is 8.04. The Bertz CT molecular complexity index is 287. The van der Waals surface area contributed by atoms with Crippen LogP contribution in [0.25, 0.3) is 0 Å². The fourth-order valence-corrected chi connectivity index (χ4v) is 1.69. The van der Waals surface area contributed by atoms with E-state index in [1.54, 1.807) is 4.90 Å². The van der Waals surface area contributed by atoms with E-state index in [2.05, 4.69) is 10.5 Å². The smallest absolute Gasteiger partial charge is 0.317 e. The highest BCUT2D eigenvalue weighted by Gasteiger charge is 2.23. The standard InChI is InChI=1S/C11H22N4O2/c1-8(2)15(7-6-10(12)14-17)11(16)13-9-4-3-5-9/h8-9,17H,3-7H2,1-2H3,(H2,12,14)(H,13,16). The normalized spacial score (nSPS) is 16.8. The number of urea groups is 1. The minimum Gasteiger partial charge on any atom is -0.409 e. The highest BCUT2D eigenvalue weighted by molar-refractivity contribution is 5.81. The third kappa shape index (κ3) is 4.13. The summed E-state index contributed by atoms with van der Waals surface area (Å²) in [4.78, 5) is 13.7. The van der Waals surface area contributed by atoms with Gasteiger partial charge in [-0.3, -0.25) is 0 Å². The Balaban J connectivity index is 2.43. The molecule has 0 heterocycles. The number of amidine groups is 1. The van der Waals surface area contributed by atoms with Crippen molar-refractivity contribution in [3.63, 3.8) is 0 Å². The van der Waals surface area contributed by atoms with E-state index in [1.807, 2.05) is 13.8 Å². The van der Waals surface area contributed by atoms with Crippen molar-refractivity contribution < 1.29 is 10.0 Å². The molecule has 1 aliphatic rings. The number of oxime groups is 1. The van der Waals surface area contributed by atoms with Crippen molar-refractivity contribution >= 4 is 11.9 Å². The second kappa shape index (κ2) is 6.32. The fourth-order valence-electron chi connectivity index (χ4n) is 1.69. The van der Waals surface area contributed by atoms with E-state index >= 15 is 0 Å². The Morgan fingerprint density at radius 3 is 2.65 bits per heavy atom.